The van der Waals surface area contributed by atoms with Crippen molar-refractivity contribution in [3.63, 3.8) is 0 Å². The number of hydrogen-bond acceptors (Lipinski definition) is 8. The first kappa shape index (κ1) is 40.2. The van der Waals surface area contributed by atoms with Gasteiger partial charge in [0.1, 0.15) is 17.4 Å². The van der Waals surface area contributed by atoms with Crippen molar-refractivity contribution in [3.8, 4) is 17.2 Å². The number of anilines is 1. The quantitative estimate of drug-likeness (QED) is 0.0739. The summed E-state index contributed by atoms with van der Waals surface area (Å²) in [6.07, 6.45) is 11.8. The first-order valence-electron chi connectivity index (χ1n) is 21.2. The highest BCUT2D eigenvalue weighted by molar-refractivity contribution is 6.05. The molecule has 8 rings (SSSR count). The van der Waals surface area contributed by atoms with Crippen molar-refractivity contribution in [2.45, 2.75) is 95.2 Å². The van der Waals surface area contributed by atoms with Gasteiger partial charge >= 0.3 is 0 Å². The summed E-state index contributed by atoms with van der Waals surface area (Å²) in [5.74, 6) is -1.21. The first-order valence-corrected chi connectivity index (χ1v) is 21.2. The van der Waals surface area contributed by atoms with Crippen LogP contribution >= 0.6 is 0 Å². The van der Waals surface area contributed by atoms with Crippen LogP contribution in [0.1, 0.15) is 102 Å². The molecule has 4 bridgehead atoms. The van der Waals surface area contributed by atoms with Gasteiger partial charge in [0, 0.05) is 67.9 Å². The third kappa shape index (κ3) is 9.34. The van der Waals surface area contributed by atoms with E-state index in [0.717, 1.165) is 81.7 Å². The van der Waals surface area contributed by atoms with Gasteiger partial charge in [-0.15, -0.1) is 0 Å². The number of phenolic OH excluding ortho intramolecular Hbond substituents is 2. The summed E-state index contributed by atoms with van der Waals surface area (Å²) in [4.78, 5) is 36.2. The number of ketones is 2. The lowest BCUT2D eigenvalue weighted by Crippen LogP contribution is -2.38. The number of H-pyrrole nitrogens is 2. The Morgan fingerprint density at radius 1 is 0.831 bits per heavy atom. The summed E-state index contributed by atoms with van der Waals surface area (Å²) in [5.41, 5.74) is 8.23. The molecule has 7 N–H and O–H groups in total. The molecule has 2 aliphatic carbocycles. The predicted molar refractivity (Wildman–Crippen MR) is 228 cm³/mol. The van der Waals surface area contributed by atoms with Crippen molar-refractivity contribution >= 4 is 23.5 Å². The highest BCUT2D eigenvalue weighted by Gasteiger charge is 2.42. The average Bonchev–Trinajstić information content (AvgIpc) is 4.02. The molecule has 0 unspecified atom stereocenters. The van der Waals surface area contributed by atoms with E-state index in [2.05, 4.69) is 33.5 Å². The van der Waals surface area contributed by atoms with Crippen LogP contribution in [-0.4, -0.2) is 67.3 Å². The Balaban J connectivity index is 1.16. The van der Waals surface area contributed by atoms with E-state index in [1.165, 1.54) is 0 Å². The average molecular weight is 798 g/mol. The van der Waals surface area contributed by atoms with Crippen molar-refractivity contribution in [2.75, 3.05) is 18.5 Å². The van der Waals surface area contributed by atoms with Gasteiger partial charge in [0.15, 0.2) is 17.3 Å². The molecular weight excluding hydrogens is 743 g/mol. The molecule has 2 aromatic heterocycles. The molecule has 1 aliphatic heterocycles. The second kappa shape index (κ2) is 18.1. The monoisotopic (exact) mass is 797 g/mol. The van der Waals surface area contributed by atoms with Crippen LogP contribution in [-0.2, 0) is 35.3 Å². The lowest BCUT2D eigenvalue weighted by atomic mass is 9.68. The number of ether oxygens (including phenoxy) is 1. The van der Waals surface area contributed by atoms with Gasteiger partial charge in [-0.1, -0.05) is 42.5 Å². The summed E-state index contributed by atoms with van der Waals surface area (Å²) in [5, 5.41) is 47.1. The van der Waals surface area contributed by atoms with Gasteiger partial charge in [0.25, 0.3) is 0 Å². The molecule has 5 aromatic rings. The van der Waals surface area contributed by atoms with E-state index < -0.39 is 23.9 Å². The topological polar surface area (TPSA) is 168 Å². The third-order valence-electron chi connectivity index (χ3n) is 12.6. The molecule has 0 amide bonds. The Bertz CT molecular complexity index is 2300. The van der Waals surface area contributed by atoms with Crippen LogP contribution in [0.3, 0.4) is 0 Å². The predicted octanol–water partition coefficient (Wildman–Crippen LogP) is 7.93. The number of aromatic nitrogens is 2. The van der Waals surface area contributed by atoms with Gasteiger partial charge in [-0.3, -0.25) is 9.59 Å². The van der Waals surface area contributed by atoms with Gasteiger partial charge < -0.3 is 40.4 Å². The standard InChI is InChI=1S/C49H55N3O7/c53-20-17-41-44(56)14-12-33-24-35(47(57)45(26-33)59-39-9-1-2-10-39)23-32-7-3-6-31(21-32)22-34-15-18-51-49(34)52-29-36-27-43-40(16-19-50-43)42(46(36)48(41)58)28-38(55)13-11-30-5-4-8-37(54)25-30/h3-8,15-16,18-19,21,24-27,38-39,41-42,46,50-55,57H,1-2,9-14,17,20,22-23,28-29H2/t38-,41+,42+,46+/m1/s1. The molecular formula is C49H55N3O7. The van der Waals surface area contributed by atoms with E-state index in [1.807, 2.05) is 54.9 Å². The van der Waals surface area contributed by atoms with Gasteiger partial charge in [-0.2, -0.15) is 0 Å². The van der Waals surface area contributed by atoms with Crippen molar-refractivity contribution < 1.29 is 34.8 Å². The molecule has 1 fully saturated rings. The summed E-state index contributed by atoms with van der Waals surface area (Å²) >= 11 is 0. The molecule has 0 radical (unpaired) electrons. The van der Waals surface area contributed by atoms with Crippen LogP contribution in [0, 0.1) is 11.8 Å². The summed E-state index contributed by atoms with van der Waals surface area (Å²) in [6, 6.07) is 23.2. The first-order chi connectivity index (χ1) is 28.7. The highest BCUT2D eigenvalue weighted by atomic mass is 16.5. The molecule has 1 saturated carbocycles. The van der Waals surface area contributed by atoms with Gasteiger partial charge in [0.2, 0.25) is 0 Å². The normalized spacial score (nSPS) is 20.6. The minimum absolute atomic E-state index is 0.00507. The van der Waals surface area contributed by atoms with E-state index in [0.29, 0.717) is 44.4 Å². The van der Waals surface area contributed by atoms with Crippen LogP contribution in [0.25, 0.3) is 6.08 Å². The van der Waals surface area contributed by atoms with Crippen LogP contribution in [0.15, 0.2) is 90.8 Å². The zero-order valence-corrected chi connectivity index (χ0v) is 33.5. The number of aromatic hydroxyl groups is 2. The smallest absolute Gasteiger partial charge is 0.161 e. The fourth-order valence-electron chi connectivity index (χ4n) is 9.54. The van der Waals surface area contributed by atoms with Gasteiger partial charge in [-0.25, -0.2) is 0 Å². The minimum Gasteiger partial charge on any atom is -0.508 e. The number of rotatable bonds is 9. The number of benzene rings is 3. The van der Waals surface area contributed by atoms with E-state index >= 15 is 4.79 Å². The number of phenols is 2. The van der Waals surface area contributed by atoms with Gasteiger partial charge in [0.05, 0.1) is 18.1 Å². The number of Topliss-reactive ketones (excluding diaryl/α,β-unsaturated/α-hetero) is 2. The molecule has 3 heterocycles. The number of aliphatic hydroxyl groups is 2. The Morgan fingerprint density at radius 3 is 2.41 bits per heavy atom. The van der Waals surface area contributed by atoms with E-state index in [1.54, 1.807) is 18.2 Å². The molecule has 3 aromatic carbocycles. The Labute approximate surface area is 345 Å². The second-order valence-corrected chi connectivity index (χ2v) is 16.7. The largest absolute Gasteiger partial charge is 0.508 e. The van der Waals surface area contributed by atoms with E-state index in [9.17, 15) is 25.2 Å². The number of carbonyl (C=O) groups is 2. The fourth-order valence-corrected chi connectivity index (χ4v) is 9.54. The number of aromatic amines is 2. The second-order valence-electron chi connectivity index (χ2n) is 16.7. The number of aryl methyl sites for hydroxylation is 2. The number of carbonyl (C=O) groups excluding carboxylic acids is 2. The molecule has 4 atom stereocenters. The molecule has 0 spiro atoms. The Kier molecular flexibility index (Phi) is 12.4. The summed E-state index contributed by atoms with van der Waals surface area (Å²) in [7, 11) is 0. The zero-order chi connectivity index (χ0) is 40.9. The van der Waals surface area contributed by atoms with Gasteiger partial charge in [-0.05, 0) is 133 Å². The van der Waals surface area contributed by atoms with Crippen LogP contribution in [0.4, 0.5) is 5.82 Å². The zero-order valence-electron chi connectivity index (χ0n) is 33.5. The van der Waals surface area contributed by atoms with E-state index in [4.69, 9.17) is 4.74 Å². The fraction of sp³-hybridized carbons (Fsp3) is 0.388. The number of nitrogens with one attached hydrogen (secondary N) is 3. The molecule has 3 aliphatic rings. The number of hydrogen-bond donors (Lipinski definition) is 7. The van der Waals surface area contributed by atoms with Crippen molar-refractivity contribution in [2.24, 2.45) is 11.8 Å². The Hall–Kier alpha value is -5.58. The minimum atomic E-state index is -1.06. The van der Waals surface area contributed by atoms with Crippen LogP contribution < -0.4 is 10.1 Å². The van der Waals surface area contributed by atoms with Crippen molar-refractivity contribution in [1.29, 1.82) is 0 Å². The summed E-state index contributed by atoms with van der Waals surface area (Å²) < 4.78 is 6.40. The van der Waals surface area contributed by atoms with E-state index in [-0.39, 0.29) is 55.0 Å². The molecule has 0 saturated heterocycles. The SMILES string of the molecule is O=C1CCc2cc(c(O)c(OC3CCCC3)c2)Cc2cccc(c2)Cc2cc[nH]c2NCC2=Cc3[nH]ccc3[C@H](C[C@H](O)CCc3cccc(O)c3)[C@H]2C(=O)[C@H]1CCO. The molecule has 59 heavy (non-hydrogen) atoms. The maximum atomic E-state index is 15.1. The Morgan fingerprint density at radius 2 is 1.61 bits per heavy atom. The van der Waals surface area contributed by atoms with Crippen LogP contribution in [0.5, 0.6) is 17.2 Å². The lowest BCUT2D eigenvalue weighted by Gasteiger charge is -2.35. The highest BCUT2D eigenvalue weighted by Crippen LogP contribution is 2.44. The lowest BCUT2D eigenvalue weighted by molar-refractivity contribution is -0.135. The maximum absolute atomic E-state index is 15.1. The van der Waals surface area contributed by atoms with Crippen LogP contribution in [0.2, 0.25) is 0 Å². The molecule has 10 heteroatoms. The van der Waals surface area contributed by atoms with Crippen molar-refractivity contribution in [1.82, 2.24) is 9.97 Å². The summed E-state index contributed by atoms with van der Waals surface area (Å²) in [6.45, 7) is -0.0148. The maximum Gasteiger partial charge on any atom is 0.161 e. The third-order valence-corrected chi connectivity index (χ3v) is 12.6. The number of aliphatic hydroxyl groups excluding tert-OH is 2. The molecule has 308 valence electrons. The van der Waals surface area contributed by atoms with Crippen molar-refractivity contribution in [3.05, 3.63) is 135 Å². The molecule has 10 nitrogen and oxygen atoms in total. The number of fused-ring (bicyclic) bond motifs is 7.